The van der Waals surface area contributed by atoms with Crippen molar-refractivity contribution >= 4 is 5.97 Å². The van der Waals surface area contributed by atoms with Gasteiger partial charge in [0.2, 0.25) is 0 Å². The Labute approximate surface area is 73.0 Å². The lowest BCUT2D eigenvalue weighted by molar-refractivity contribution is -0.145. The van der Waals surface area contributed by atoms with Crippen LogP contribution in [0, 0.1) is 5.92 Å². The lowest BCUT2D eigenvalue weighted by Gasteiger charge is -2.01. The maximum Gasteiger partial charge on any atom is 0.311 e. The number of hydrogen-bond acceptors (Lipinski definition) is 3. The monoisotopic (exact) mass is 172 g/mol. The van der Waals surface area contributed by atoms with Crippen LogP contribution in [-0.2, 0) is 14.3 Å². The van der Waals surface area contributed by atoms with E-state index in [1.54, 1.807) is 0 Å². The Morgan fingerprint density at radius 3 is 2.83 bits per heavy atom. The largest absolute Gasteiger partial charge is 0.466 e. The fourth-order valence-corrected chi connectivity index (χ4v) is 1.12. The number of carbonyl (C=O) groups is 1. The molecule has 1 aliphatic rings. The average molecular weight is 172 g/mol. The molecule has 1 aliphatic carbocycles. The highest BCUT2D eigenvalue weighted by atomic mass is 16.5. The van der Waals surface area contributed by atoms with Crippen molar-refractivity contribution in [2.75, 3.05) is 13.2 Å². The topological polar surface area (TPSA) is 35.5 Å². The third kappa shape index (κ3) is 2.48. The lowest BCUT2D eigenvalue weighted by Crippen LogP contribution is -2.10. The van der Waals surface area contributed by atoms with E-state index in [1.165, 1.54) is 0 Å². The molecule has 1 fully saturated rings. The predicted molar refractivity (Wildman–Crippen MR) is 44.8 cm³/mol. The molecule has 0 amide bonds. The zero-order chi connectivity index (χ0) is 8.97. The van der Waals surface area contributed by atoms with Gasteiger partial charge in [0.15, 0.2) is 0 Å². The van der Waals surface area contributed by atoms with Gasteiger partial charge in [0.05, 0.1) is 18.6 Å². The van der Waals surface area contributed by atoms with Gasteiger partial charge in [-0.05, 0) is 19.8 Å². The zero-order valence-electron chi connectivity index (χ0n) is 7.71. The minimum Gasteiger partial charge on any atom is -0.466 e. The normalized spacial score (nSPS) is 26.8. The molecule has 0 aromatic rings. The molecule has 0 spiro atoms. The second kappa shape index (κ2) is 4.45. The first-order valence-corrected chi connectivity index (χ1v) is 4.57. The van der Waals surface area contributed by atoms with Crippen molar-refractivity contribution in [1.29, 1.82) is 0 Å². The molecule has 2 unspecified atom stereocenters. The van der Waals surface area contributed by atoms with Gasteiger partial charge in [0, 0.05) is 6.61 Å². The van der Waals surface area contributed by atoms with E-state index < -0.39 is 0 Å². The summed E-state index contributed by atoms with van der Waals surface area (Å²) in [4.78, 5) is 11.1. The van der Waals surface area contributed by atoms with E-state index in [-0.39, 0.29) is 18.0 Å². The Hall–Kier alpha value is -0.570. The zero-order valence-corrected chi connectivity index (χ0v) is 7.71. The smallest absolute Gasteiger partial charge is 0.311 e. The number of hydrogen-bond donors (Lipinski definition) is 0. The van der Waals surface area contributed by atoms with Crippen molar-refractivity contribution in [1.82, 2.24) is 0 Å². The first kappa shape index (κ1) is 9.52. The number of carbonyl (C=O) groups excluding carboxylic acids is 1. The van der Waals surface area contributed by atoms with Crippen molar-refractivity contribution in [3.05, 3.63) is 0 Å². The van der Waals surface area contributed by atoms with Crippen LogP contribution in [-0.4, -0.2) is 25.3 Å². The Balaban J connectivity index is 2.10. The molecule has 0 radical (unpaired) electrons. The number of esters is 1. The summed E-state index contributed by atoms with van der Waals surface area (Å²) in [5, 5.41) is 0. The summed E-state index contributed by atoms with van der Waals surface area (Å²) in [7, 11) is 0. The predicted octanol–water partition coefficient (Wildman–Crippen LogP) is 1.36. The number of ether oxygens (including phenoxy) is 2. The third-order valence-electron chi connectivity index (χ3n) is 1.86. The molecule has 0 aromatic carbocycles. The second-order valence-electron chi connectivity index (χ2n) is 3.00. The van der Waals surface area contributed by atoms with E-state index in [0.717, 1.165) is 19.4 Å². The minimum absolute atomic E-state index is 0.0245. The second-order valence-corrected chi connectivity index (χ2v) is 3.00. The van der Waals surface area contributed by atoms with E-state index in [0.29, 0.717) is 6.61 Å². The molecule has 3 heteroatoms. The summed E-state index contributed by atoms with van der Waals surface area (Å²) in [6.07, 6.45) is 1.99. The van der Waals surface area contributed by atoms with E-state index >= 15 is 0 Å². The molecule has 0 aliphatic heterocycles. The number of rotatable bonds is 5. The minimum atomic E-state index is -0.0985. The van der Waals surface area contributed by atoms with Gasteiger partial charge in [-0.15, -0.1) is 0 Å². The van der Waals surface area contributed by atoms with Gasteiger partial charge >= 0.3 is 5.97 Å². The summed E-state index contributed by atoms with van der Waals surface area (Å²) >= 11 is 0. The van der Waals surface area contributed by atoms with Gasteiger partial charge < -0.3 is 9.47 Å². The van der Waals surface area contributed by atoms with Crippen molar-refractivity contribution in [2.45, 2.75) is 32.8 Å². The van der Waals surface area contributed by atoms with Crippen LogP contribution >= 0.6 is 0 Å². The molecule has 0 heterocycles. The summed E-state index contributed by atoms with van der Waals surface area (Å²) in [5.41, 5.74) is 0. The Kier molecular flexibility index (Phi) is 3.53. The molecule has 12 heavy (non-hydrogen) atoms. The van der Waals surface area contributed by atoms with Crippen LogP contribution in [0.4, 0.5) is 0 Å². The lowest BCUT2D eigenvalue weighted by atomic mass is 10.4. The standard InChI is InChI=1S/C9H16O3/c1-3-5-12-8-6-7(8)9(10)11-4-2/h7-8H,3-6H2,1-2H3. The first-order valence-electron chi connectivity index (χ1n) is 4.57. The summed E-state index contributed by atoms with van der Waals surface area (Å²) in [5.74, 6) is -0.0740. The van der Waals surface area contributed by atoms with Crippen LogP contribution in [0.3, 0.4) is 0 Å². The summed E-state index contributed by atoms with van der Waals surface area (Å²) in [6.45, 7) is 5.10. The van der Waals surface area contributed by atoms with Gasteiger partial charge in [-0.1, -0.05) is 6.92 Å². The van der Waals surface area contributed by atoms with Crippen LogP contribution in [0.2, 0.25) is 0 Å². The Morgan fingerprint density at radius 2 is 2.25 bits per heavy atom. The maximum absolute atomic E-state index is 11.1. The molecular formula is C9H16O3. The highest BCUT2D eigenvalue weighted by molar-refractivity contribution is 5.76. The van der Waals surface area contributed by atoms with Crippen molar-refractivity contribution < 1.29 is 14.3 Å². The van der Waals surface area contributed by atoms with Crippen LogP contribution in [0.5, 0.6) is 0 Å². The average Bonchev–Trinajstić information content (AvgIpc) is 2.80. The molecule has 70 valence electrons. The van der Waals surface area contributed by atoms with E-state index in [1.807, 2.05) is 6.92 Å². The maximum atomic E-state index is 11.1. The molecule has 1 saturated carbocycles. The first-order chi connectivity index (χ1) is 5.79. The fourth-order valence-electron chi connectivity index (χ4n) is 1.12. The summed E-state index contributed by atoms with van der Waals surface area (Å²) < 4.78 is 10.2. The molecule has 0 bridgehead atoms. The summed E-state index contributed by atoms with van der Waals surface area (Å²) in [6, 6.07) is 0. The van der Waals surface area contributed by atoms with E-state index in [9.17, 15) is 4.79 Å². The van der Waals surface area contributed by atoms with Crippen molar-refractivity contribution in [2.24, 2.45) is 5.92 Å². The molecular weight excluding hydrogens is 156 g/mol. The highest BCUT2D eigenvalue weighted by Crippen LogP contribution is 2.34. The van der Waals surface area contributed by atoms with Crippen LogP contribution in [0.25, 0.3) is 0 Å². The molecule has 0 N–H and O–H groups in total. The fraction of sp³-hybridized carbons (Fsp3) is 0.889. The van der Waals surface area contributed by atoms with Gasteiger partial charge in [-0.2, -0.15) is 0 Å². The van der Waals surface area contributed by atoms with Crippen LogP contribution in [0.1, 0.15) is 26.7 Å². The van der Waals surface area contributed by atoms with Gasteiger partial charge in [0.1, 0.15) is 0 Å². The van der Waals surface area contributed by atoms with E-state index in [4.69, 9.17) is 9.47 Å². The van der Waals surface area contributed by atoms with E-state index in [2.05, 4.69) is 6.92 Å². The van der Waals surface area contributed by atoms with Crippen LogP contribution < -0.4 is 0 Å². The van der Waals surface area contributed by atoms with Crippen molar-refractivity contribution in [3.8, 4) is 0 Å². The SMILES string of the molecule is CCCOC1CC1C(=O)OCC. The molecule has 2 atom stereocenters. The van der Waals surface area contributed by atoms with Crippen LogP contribution in [0.15, 0.2) is 0 Å². The molecule has 0 aromatic heterocycles. The molecule has 1 rings (SSSR count). The quantitative estimate of drug-likeness (QED) is 0.587. The Bertz CT molecular complexity index is 156. The molecule has 0 saturated heterocycles. The van der Waals surface area contributed by atoms with Gasteiger partial charge in [0.25, 0.3) is 0 Å². The van der Waals surface area contributed by atoms with Crippen molar-refractivity contribution in [3.63, 3.8) is 0 Å². The highest BCUT2D eigenvalue weighted by Gasteiger charge is 2.45. The van der Waals surface area contributed by atoms with Gasteiger partial charge in [-0.3, -0.25) is 4.79 Å². The molecule has 3 nitrogen and oxygen atoms in total. The Morgan fingerprint density at radius 1 is 1.50 bits per heavy atom. The third-order valence-corrected chi connectivity index (χ3v) is 1.86. The van der Waals surface area contributed by atoms with Gasteiger partial charge in [-0.25, -0.2) is 0 Å².